The summed E-state index contributed by atoms with van der Waals surface area (Å²) >= 11 is 1.74. The van der Waals surface area contributed by atoms with E-state index in [2.05, 4.69) is 27.1 Å². The molecule has 0 spiro atoms. The Morgan fingerprint density at radius 2 is 2.24 bits per heavy atom. The van der Waals surface area contributed by atoms with E-state index in [0.717, 1.165) is 23.9 Å². The van der Waals surface area contributed by atoms with Gasteiger partial charge in [0.2, 0.25) is 0 Å². The third-order valence-corrected chi connectivity index (χ3v) is 5.35. The van der Waals surface area contributed by atoms with Crippen molar-refractivity contribution in [2.45, 2.75) is 52.3 Å². The molecule has 1 fully saturated rings. The van der Waals surface area contributed by atoms with Crippen LogP contribution < -0.4 is 5.32 Å². The molecule has 1 aromatic rings. The van der Waals surface area contributed by atoms with Crippen molar-refractivity contribution in [2.75, 3.05) is 26.2 Å². The van der Waals surface area contributed by atoms with Gasteiger partial charge in [-0.2, -0.15) is 0 Å². The summed E-state index contributed by atoms with van der Waals surface area (Å²) in [6.45, 7) is 11.3. The molecule has 3 rings (SSSR count). The summed E-state index contributed by atoms with van der Waals surface area (Å²) in [5.74, 6) is 0.919. The Morgan fingerprint density at radius 3 is 2.92 bits per heavy atom. The van der Waals surface area contributed by atoms with Gasteiger partial charge in [-0.25, -0.2) is 9.78 Å². The Labute approximate surface area is 153 Å². The van der Waals surface area contributed by atoms with Gasteiger partial charge in [0.05, 0.1) is 19.1 Å². The molecule has 0 radical (unpaired) electrons. The van der Waals surface area contributed by atoms with Crippen LogP contribution in [-0.2, 0) is 17.7 Å². The first-order chi connectivity index (χ1) is 11.9. The van der Waals surface area contributed by atoms with Crippen molar-refractivity contribution in [1.29, 1.82) is 0 Å². The highest BCUT2D eigenvalue weighted by molar-refractivity contribution is 7.11. The molecule has 0 bridgehead atoms. The number of aliphatic imine (C=N–C) groups is 1. The number of guanidine groups is 1. The van der Waals surface area contributed by atoms with Gasteiger partial charge in [0.25, 0.3) is 0 Å². The molecule has 2 aliphatic heterocycles. The van der Waals surface area contributed by atoms with E-state index in [1.807, 2.05) is 27.0 Å². The van der Waals surface area contributed by atoms with E-state index in [4.69, 9.17) is 4.74 Å². The number of piperazine rings is 1. The first-order valence-corrected chi connectivity index (χ1v) is 9.64. The standard InChI is InChI=1S/C17H27N5O2S/c1-5-13-9-18-14(25-13)10-20-15-19-8-12-11-21(6-7-22(12)15)16(23)24-17(2,3)4/h9,12H,5-8,10-11H2,1-4H3,(H,19,20). The highest BCUT2D eigenvalue weighted by atomic mass is 32.1. The second-order valence-corrected chi connectivity index (χ2v) is 8.57. The number of thiazole rings is 1. The maximum Gasteiger partial charge on any atom is 0.410 e. The fourth-order valence-corrected chi connectivity index (χ4v) is 3.77. The van der Waals surface area contributed by atoms with E-state index in [1.165, 1.54) is 4.88 Å². The number of aromatic nitrogens is 1. The highest BCUT2D eigenvalue weighted by Gasteiger charge is 2.36. The number of carbonyl (C=O) groups is 1. The van der Waals surface area contributed by atoms with Crippen molar-refractivity contribution in [3.05, 3.63) is 16.1 Å². The Balaban J connectivity index is 1.51. The zero-order valence-corrected chi connectivity index (χ0v) is 16.2. The number of carbonyl (C=O) groups excluding carboxylic acids is 1. The fraction of sp³-hybridized carbons (Fsp3) is 0.706. The molecular formula is C17H27N5O2S. The third-order valence-electron chi connectivity index (χ3n) is 4.21. The number of fused-ring (bicyclic) bond motifs is 1. The number of nitrogens with zero attached hydrogens (tertiary/aromatic N) is 4. The lowest BCUT2D eigenvalue weighted by Gasteiger charge is -2.39. The molecule has 138 valence electrons. The van der Waals surface area contributed by atoms with Crippen LogP contribution >= 0.6 is 11.3 Å². The van der Waals surface area contributed by atoms with Crippen molar-refractivity contribution < 1.29 is 9.53 Å². The van der Waals surface area contributed by atoms with Crippen LogP contribution in [0.25, 0.3) is 0 Å². The van der Waals surface area contributed by atoms with E-state index in [-0.39, 0.29) is 12.1 Å². The molecule has 1 amide bonds. The van der Waals surface area contributed by atoms with Gasteiger partial charge in [0.1, 0.15) is 10.6 Å². The molecule has 0 aromatic carbocycles. The maximum atomic E-state index is 12.3. The quantitative estimate of drug-likeness (QED) is 0.888. The maximum absolute atomic E-state index is 12.3. The lowest BCUT2D eigenvalue weighted by molar-refractivity contribution is 0.0137. The molecule has 25 heavy (non-hydrogen) atoms. The van der Waals surface area contributed by atoms with Crippen LogP contribution in [0.3, 0.4) is 0 Å². The van der Waals surface area contributed by atoms with Gasteiger partial charge >= 0.3 is 6.09 Å². The first kappa shape index (κ1) is 18.0. The zero-order valence-electron chi connectivity index (χ0n) is 15.4. The summed E-state index contributed by atoms with van der Waals surface area (Å²) in [7, 11) is 0. The summed E-state index contributed by atoms with van der Waals surface area (Å²) in [5, 5.41) is 4.49. The Hall–Kier alpha value is -1.83. The van der Waals surface area contributed by atoms with Crippen molar-refractivity contribution >= 4 is 23.4 Å². The van der Waals surface area contributed by atoms with E-state index < -0.39 is 5.60 Å². The largest absolute Gasteiger partial charge is 0.444 e. The van der Waals surface area contributed by atoms with E-state index in [1.54, 1.807) is 16.2 Å². The van der Waals surface area contributed by atoms with Crippen LogP contribution in [0, 0.1) is 0 Å². The summed E-state index contributed by atoms with van der Waals surface area (Å²) < 4.78 is 5.48. The van der Waals surface area contributed by atoms with Gasteiger partial charge in [-0.1, -0.05) is 6.92 Å². The monoisotopic (exact) mass is 365 g/mol. The number of hydrogen-bond donors (Lipinski definition) is 1. The average Bonchev–Trinajstić information content (AvgIpc) is 3.17. The van der Waals surface area contributed by atoms with Crippen molar-refractivity contribution in [3.63, 3.8) is 0 Å². The number of rotatable bonds is 3. The summed E-state index contributed by atoms with van der Waals surface area (Å²) in [5.41, 5.74) is -0.460. The first-order valence-electron chi connectivity index (χ1n) is 8.82. The van der Waals surface area contributed by atoms with Crippen molar-refractivity contribution in [1.82, 2.24) is 20.1 Å². The lowest BCUT2D eigenvalue weighted by atomic mass is 10.2. The molecule has 1 saturated heterocycles. The van der Waals surface area contributed by atoms with E-state index in [9.17, 15) is 4.79 Å². The predicted molar refractivity (Wildman–Crippen MR) is 98.9 cm³/mol. The Kier molecular flexibility index (Phi) is 5.17. The van der Waals surface area contributed by atoms with Crippen LogP contribution in [0.1, 0.15) is 37.6 Å². The van der Waals surface area contributed by atoms with Crippen LogP contribution in [0.15, 0.2) is 11.2 Å². The molecule has 7 nitrogen and oxygen atoms in total. The molecule has 0 aliphatic carbocycles. The van der Waals surface area contributed by atoms with Crippen LogP contribution in [0.2, 0.25) is 0 Å². The molecule has 1 unspecified atom stereocenters. The minimum absolute atomic E-state index is 0.228. The van der Waals surface area contributed by atoms with Crippen LogP contribution in [-0.4, -0.2) is 64.7 Å². The minimum Gasteiger partial charge on any atom is -0.444 e. The Morgan fingerprint density at radius 1 is 1.44 bits per heavy atom. The van der Waals surface area contributed by atoms with Gasteiger partial charge in [-0.15, -0.1) is 11.3 Å². The van der Waals surface area contributed by atoms with Gasteiger partial charge < -0.3 is 19.9 Å². The van der Waals surface area contributed by atoms with Crippen LogP contribution in [0.5, 0.6) is 0 Å². The Bertz CT molecular complexity index is 652. The topological polar surface area (TPSA) is 70.1 Å². The number of ether oxygens (including phenoxy) is 1. The predicted octanol–water partition coefficient (Wildman–Crippen LogP) is 2.09. The molecule has 0 saturated carbocycles. The normalized spacial score (nSPS) is 20.3. The summed E-state index contributed by atoms with van der Waals surface area (Å²) in [6, 6.07) is 0.228. The molecule has 2 aliphatic rings. The molecular weight excluding hydrogens is 338 g/mol. The summed E-state index contributed by atoms with van der Waals surface area (Å²) in [6.07, 6.45) is 2.73. The van der Waals surface area contributed by atoms with Gasteiger partial charge in [0, 0.05) is 30.7 Å². The average molecular weight is 366 g/mol. The molecule has 1 N–H and O–H groups in total. The van der Waals surface area contributed by atoms with Gasteiger partial charge in [0.15, 0.2) is 5.96 Å². The fourth-order valence-electron chi connectivity index (χ4n) is 2.97. The number of aryl methyl sites for hydroxylation is 1. The number of hydrogen-bond acceptors (Lipinski definition) is 7. The number of amides is 1. The van der Waals surface area contributed by atoms with Gasteiger partial charge in [-0.05, 0) is 27.2 Å². The molecule has 1 atom stereocenters. The van der Waals surface area contributed by atoms with Crippen molar-refractivity contribution in [2.24, 2.45) is 4.99 Å². The molecule has 1 aromatic heterocycles. The van der Waals surface area contributed by atoms with E-state index >= 15 is 0 Å². The lowest BCUT2D eigenvalue weighted by Crippen LogP contribution is -2.57. The van der Waals surface area contributed by atoms with Crippen LogP contribution in [0.4, 0.5) is 4.79 Å². The zero-order chi connectivity index (χ0) is 18.0. The summed E-state index contributed by atoms with van der Waals surface area (Å²) in [4.78, 5) is 26.7. The third kappa shape index (κ3) is 4.42. The SMILES string of the molecule is CCc1cnc(CNC2=NCC3CN(C(=O)OC(C)(C)C)CCN23)s1. The van der Waals surface area contributed by atoms with Gasteiger partial charge in [-0.3, -0.25) is 4.99 Å². The minimum atomic E-state index is -0.460. The smallest absolute Gasteiger partial charge is 0.410 e. The molecule has 3 heterocycles. The van der Waals surface area contributed by atoms with E-state index in [0.29, 0.717) is 26.2 Å². The number of nitrogens with one attached hydrogen (secondary N) is 1. The molecule has 8 heteroatoms. The second kappa shape index (κ2) is 7.19. The second-order valence-electron chi connectivity index (χ2n) is 7.37. The highest BCUT2D eigenvalue weighted by Crippen LogP contribution is 2.19. The van der Waals surface area contributed by atoms with Crippen molar-refractivity contribution in [3.8, 4) is 0 Å².